The Hall–Kier alpha value is -2.09. The minimum absolute atomic E-state index is 0.160. The molecule has 4 rings (SSSR count). The molecule has 0 unspecified atom stereocenters. The van der Waals surface area contributed by atoms with E-state index in [0.717, 1.165) is 12.0 Å². The summed E-state index contributed by atoms with van der Waals surface area (Å²) >= 11 is 0. The topological polar surface area (TPSA) is 12.0 Å². The van der Waals surface area contributed by atoms with Crippen LogP contribution in [-0.2, 0) is 0 Å². The molecule has 0 saturated carbocycles. The van der Waals surface area contributed by atoms with Crippen LogP contribution in [0.4, 0.5) is 10.1 Å². The van der Waals surface area contributed by atoms with Crippen LogP contribution in [0.15, 0.2) is 54.6 Å². The molecule has 106 valence electrons. The average molecular weight is 279 g/mol. The summed E-state index contributed by atoms with van der Waals surface area (Å²) in [6.45, 7) is 2.13. The summed E-state index contributed by atoms with van der Waals surface area (Å²) in [6.07, 6.45) is 5.63. The van der Waals surface area contributed by atoms with Crippen molar-refractivity contribution in [2.75, 3.05) is 5.32 Å². The van der Waals surface area contributed by atoms with Crippen LogP contribution in [0, 0.1) is 18.7 Å². The van der Waals surface area contributed by atoms with Gasteiger partial charge in [0.25, 0.3) is 0 Å². The smallest absolute Gasteiger partial charge is 0.123 e. The number of aryl methyl sites for hydroxylation is 1. The highest BCUT2D eigenvalue weighted by molar-refractivity contribution is 5.63. The van der Waals surface area contributed by atoms with E-state index in [1.165, 1.54) is 22.9 Å². The van der Waals surface area contributed by atoms with E-state index in [4.69, 9.17) is 0 Å². The van der Waals surface area contributed by atoms with Crippen molar-refractivity contribution in [1.82, 2.24) is 0 Å². The summed E-state index contributed by atoms with van der Waals surface area (Å²) in [5, 5.41) is 3.67. The van der Waals surface area contributed by atoms with Crippen LogP contribution in [0.5, 0.6) is 0 Å². The number of hydrogen-bond acceptors (Lipinski definition) is 1. The van der Waals surface area contributed by atoms with E-state index in [-0.39, 0.29) is 11.9 Å². The van der Waals surface area contributed by atoms with Crippen LogP contribution in [0.3, 0.4) is 0 Å². The molecule has 1 nitrogen and oxygen atoms in total. The molecule has 0 fully saturated rings. The first kappa shape index (κ1) is 12.6. The maximum atomic E-state index is 13.6. The molecular weight excluding hydrogens is 261 g/mol. The number of nitrogens with one attached hydrogen (secondary N) is 1. The first-order valence-corrected chi connectivity index (χ1v) is 7.52. The van der Waals surface area contributed by atoms with Gasteiger partial charge >= 0.3 is 0 Å². The Bertz CT molecular complexity index is 719. The normalized spacial score (nSPS) is 26.1. The Morgan fingerprint density at radius 3 is 2.86 bits per heavy atom. The Morgan fingerprint density at radius 2 is 2.00 bits per heavy atom. The van der Waals surface area contributed by atoms with Crippen LogP contribution in [0.2, 0.25) is 0 Å². The Kier molecular flexibility index (Phi) is 2.85. The Labute approximate surface area is 124 Å². The van der Waals surface area contributed by atoms with Crippen molar-refractivity contribution >= 4 is 5.69 Å². The molecule has 2 aromatic rings. The molecule has 1 aliphatic heterocycles. The molecule has 0 spiro atoms. The zero-order valence-corrected chi connectivity index (χ0v) is 12.0. The molecule has 2 heteroatoms. The van der Waals surface area contributed by atoms with Crippen LogP contribution in [-0.4, -0.2) is 0 Å². The molecule has 0 radical (unpaired) electrons. The lowest BCUT2D eigenvalue weighted by Crippen LogP contribution is -2.29. The number of hydrogen-bond donors (Lipinski definition) is 1. The van der Waals surface area contributed by atoms with Gasteiger partial charge in [0, 0.05) is 11.6 Å². The summed E-state index contributed by atoms with van der Waals surface area (Å²) in [5.41, 5.74) is 4.90. The Morgan fingerprint density at radius 1 is 1.14 bits per heavy atom. The lowest BCUT2D eigenvalue weighted by atomic mass is 9.76. The highest BCUT2D eigenvalue weighted by atomic mass is 19.1. The van der Waals surface area contributed by atoms with E-state index >= 15 is 0 Å². The lowest BCUT2D eigenvalue weighted by molar-refractivity contribution is 0.424. The van der Waals surface area contributed by atoms with Gasteiger partial charge in [-0.1, -0.05) is 42.5 Å². The molecule has 2 aliphatic rings. The lowest BCUT2D eigenvalue weighted by Gasteiger charge is -2.38. The standard InChI is InChI=1S/C19H18FN/c1-12-5-2-9-16-15-8-4-10-17(15)19(21-18(12)16)13-6-3-7-14(20)11-13/h2-9,11,15,17,19,21H,10H2,1H3/t15-,17+,19+/m0/s1. The third kappa shape index (κ3) is 1.98. The van der Waals surface area contributed by atoms with E-state index < -0.39 is 0 Å². The van der Waals surface area contributed by atoms with E-state index in [1.807, 2.05) is 6.07 Å². The van der Waals surface area contributed by atoms with Gasteiger partial charge in [-0.05, 0) is 48.1 Å². The summed E-state index contributed by atoms with van der Waals surface area (Å²) in [5.74, 6) is 0.753. The predicted octanol–water partition coefficient (Wildman–Crippen LogP) is 4.96. The maximum absolute atomic E-state index is 13.6. The van der Waals surface area contributed by atoms with Gasteiger partial charge in [-0.15, -0.1) is 0 Å². The molecule has 1 heterocycles. The highest BCUT2D eigenvalue weighted by Gasteiger charge is 2.38. The Balaban J connectivity index is 1.83. The number of allylic oxidation sites excluding steroid dienone is 2. The molecule has 1 N–H and O–H groups in total. The van der Waals surface area contributed by atoms with Gasteiger partial charge in [0.05, 0.1) is 6.04 Å². The summed E-state index contributed by atoms with van der Waals surface area (Å²) in [4.78, 5) is 0. The molecule has 21 heavy (non-hydrogen) atoms. The quantitative estimate of drug-likeness (QED) is 0.727. The summed E-state index contributed by atoms with van der Waals surface area (Å²) < 4.78 is 13.6. The second kappa shape index (κ2) is 4.73. The van der Waals surface area contributed by atoms with Crippen LogP contribution in [0.1, 0.15) is 35.1 Å². The molecule has 0 amide bonds. The van der Waals surface area contributed by atoms with Crippen molar-refractivity contribution in [1.29, 1.82) is 0 Å². The SMILES string of the molecule is Cc1cccc2c1N[C@H](c1cccc(F)c1)[C@@H]1CC=C[C@@H]21. The number of halogens is 1. The molecule has 3 atom stereocenters. The summed E-state index contributed by atoms with van der Waals surface area (Å²) in [6, 6.07) is 13.6. The van der Waals surface area contributed by atoms with E-state index in [1.54, 1.807) is 12.1 Å². The molecule has 0 aromatic heterocycles. The summed E-state index contributed by atoms with van der Waals surface area (Å²) in [7, 11) is 0. The molecule has 0 bridgehead atoms. The van der Waals surface area contributed by atoms with Crippen LogP contribution < -0.4 is 5.32 Å². The van der Waals surface area contributed by atoms with Gasteiger partial charge < -0.3 is 5.32 Å². The number of rotatable bonds is 1. The molecule has 2 aromatic carbocycles. The average Bonchev–Trinajstić information content (AvgIpc) is 2.96. The van der Waals surface area contributed by atoms with Gasteiger partial charge in [-0.2, -0.15) is 0 Å². The fourth-order valence-electron chi connectivity index (χ4n) is 3.81. The second-order valence-corrected chi connectivity index (χ2v) is 6.07. The second-order valence-electron chi connectivity index (χ2n) is 6.07. The number of para-hydroxylation sites is 1. The predicted molar refractivity (Wildman–Crippen MR) is 83.9 cm³/mol. The first-order chi connectivity index (χ1) is 10.2. The van der Waals surface area contributed by atoms with Crippen molar-refractivity contribution in [2.24, 2.45) is 5.92 Å². The van der Waals surface area contributed by atoms with Gasteiger partial charge in [0.1, 0.15) is 5.82 Å². The van der Waals surface area contributed by atoms with E-state index in [2.05, 4.69) is 42.6 Å². The molecule has 1 aliphatic carbocycles. The van der Waals surface area contributed by atoms with Gasteiger partial charge in [0.15, 0.2) is 0 Å². The van der Waals surface area contributed by atoms with Crippen molar-refractivity contribution in [3.8, 4) is 0 Å². The first-order valence-electron chi connectivity index (χ1n) is 7.52. The maximum Gasteiger partial charge on any atom is 0.123 e. The molecule has 0 saturated heterocycles. The number of benzene rings is 2. The highest BCUT2D eigenvalue weighted by Crippen LogP contribution is 2.50. The minimum atomic E-state index is -0.160. The number of fused-ring (bicyclic) bond motifs is 3. The van der Waals surface area contributed by atoms with Crippen molar-refractivity contribution < 1.29 is 4.39 Å². The minimum Gasteiger partial charge on any atom is -0.377 e. The van der Waals surface area contributed by atoms with E-state index in [0.29, 0.717) is 11.8 Å². The fourth-order valence-corrected chi connectivity index (χ4v) is 3.81. The van der Waals surface area contributed by atoms with Crippen molar-refractivity contribution in [2.45, 2.75) is 25.3 Å². The van der Waals surface area contributed by atoms with Gasteiger partial charge in [-0.3, -0.25) is 0 Å². The molecular formula is C19H18FN. The van der Waals surface area contributed by atoms with E-state index in [9.17, 15) is 4.39 Å². The van der Waals surface area contributed by atoms with Gasteiger partial charge in [0.2, 0.25) is 0 Å². The van der Waals surface area contributed by atoms with Crippen LogP contribution in [0.25, 0.3) is 0 Å². The fraction of sp³-hybridized carbons (Fsp3) is 0.263. The third-order valence-electron chi connectivity index (χ3n) is 4.81. The largest absolute Gasteiger partial charge is 0.377 e. The zero-order chi connectivity index (χ0) is 14.4. The van der Waals surface area contributed by atoms with Crippen molar-refractivity contribution in [3.63, 3.8) is 0 Å². The number of anilines is 1. The van der Waals surface area contributed by atoms with Crippen LogP contribution >= 0.6 is 0 Å². The zero-order valence-electron chi connectivity index (χ0n) is 12.0. The third-order valence-corrected chi connectivity index (χ3v) is 4.81. The monoisotopic (exact) mass is 279 g/mol. The van der Waals surface area contributed by atoms with Gasteiger partial charge in [-0.25, -0.2) is 4.39 Å². The van der Waals surface area contributed by atoms with Crippen molar-refractivity contribution in [3.05, 3.63) is 77.1 Å².